The summed E-state index contributed by atoms with van der Waals surface area (Å²) in [6, 6.07) is 15.6. The molecule has 2 aromatic rings. The Kier molecular flexibility index (Phi) is 5.11. The van der Waals surface area contributed by atoms with Crippen molar-refractivity contribution in [3.8, 4) is 11.5 Å². The zero-order valence-electron chi connectivity index (χ0n) is 16.0. The third-order valence-electron chi connectivity index (χ3n) is 6.28. The van der Waals surface area contributed by atoms with Gasteiger partial charge in [0.15, 0.2) is 0 Å². The lowest BCUT2D eigenvalue weighted by Gasteiger charge is -2.26. The average molecular weight is 367 g/mol. The highest BCUT2D eigenvalue weighted by Crippen LogP contribution is 2.45. The molecule has 1 saturated heterocycles. The second kappa shape index (κ2) is 7.53. The molecule has 2 aliphatic rings. The molecule has 1 aliphatic carbocycles. The number of fused-ring (bicyclic) bond motifs is 1. The molecule has 4 rings (SSSR count). The number of nitrogens with zero attached hydrogens (tertiary/aromatic N) is 1. The van der Waals surface area contributed by atoms with E-state index in [1.165, 1.54) is 11.1 Å². The number of rotatable bonds is 6. The van der Waals surface area contributed by atoms with Gasteiger partial charge in [-0.1, -0.05) is 24.3 Å². The Morgan fingerprint density at radius 2 is 1.56 bits per heavy atom. The summed E-state index contributed by atoms with van der Waals surface area (Å²) in [6.45, 7) is 3.23. The molecule has 1 unspecified atom stereocenters. The number of benzene rings is 2. The van der Waals surface area contributed by atoms with Crippen LogP contribution in [-0.4, -0.2) is 47.5 Å². The van der Waals surface area contributed by atoms with Gasteiger partial charge in [0.1, 0.15) is 11.5 Å². The summed E-state index contributed by atoms with van der Waals surface area (Å²) in [5.41, 5.74) is 1.88. The van der Waals surface area contributed by atoms with Crippen molar-refractivity contribution in [3.63, 3.8) is 0 Å². The van der Waals surface area contributed by atoms with Crippen LogP contribution < -0.4 is 4.74 Å². The van der Waals surface area contributed by atoms with Gasteiger partial charge in [-0.3, -0.25) is 0 Å². The largest absolute Gasteiger partial charge is 0.508 e. The monoisotopic (exact) mass is 367 g/mol. The van der Waals surface area contributed by atoms with Crippen LogP contribution in [0.3, 0.4) is 0 Å². The van der Waals surface area contributed by atoms with E-state index in [9.17, 15) is 10.2 Å². The molecule has 1 saturated carbocycles. The summed E-state index contributed by atoms with van der Waals surface area (Å²) < 4.78 is 5.22. The number of phenolic OH excluding ortho intramolecular Hbond substituents is 1. The second-order valence-corrected chi connectivity index (χ2v) is 8.35. The Bertz CT molecular complexity index is 742. The number of hydrogen-bond donors (Lipinski definition) is 2. The van der Waals surface area contributed by atoms with E-state index in [2.05, 4.69) is 17.0 Å². The minimum absolute atomic E-state index is 0.325. The van der Waals surface area contributed by atoms with Crippen molar-refractivity contribution in [1.82, 2.24) is 4.90 Å². The minimum Gasteiger partial charge on any atom is -0.508 e. The van der Waals surface area contributed by atoms with Crippen molar-refractivity contribution >= 4 is 0 Å². The highest BCUT2D eigenvalue weighted by molar-refractivity contribution is 5.28. The van der Waals surface area contributed by atoms with Gasteiger partial charge in [-0.2, -0.15) is 0 Å². The molecular weight excluding hydrogens is 338 g/mol. The molecule has 0 spiro atoms. The first kappa shape index (κ1) is 18.3. The van der Waals surface area contributed by atoms with Gasteiger partial charge in [-0.15, -0.1) is 0 Å². The van der Waals surface area contributed by atoms with E-state index in [1.807, 2.05) is 24.3 Å². The lowest BCUT2D eigenvalue weighted by Crippen LogP contribution is -2.32. The van der Waals surface area contributed by atoms with Crippen molar-refractivity contribution < 1.29 is 14.9 Å². The second-order valence-electron chi connectivity index (χ2n) is 8.35. The topological polar surface area (TPSA) is 52.9 Å². The molecule has 2 fully saturated rings. The standard InChI is InChI=1S/C23H29NO3/c1-27-22-8-4-18(5-9-22)12-23(26)13-19-15-24(16-20(19)14-23)11-10-17-2-6-21(25)7-3-17/h2-9,19-20,25-26H,10-16H2,1H3/t19-,20+,23?. The van der Waals surface area contributed by atoms with E-state index < -0.39 is 5.60 Å². The summed E-state index contributed by atoms with van der Waals surface area (Å²) in [5, 5.41) is 20.5. The van der Waals surface area contributed by atoms with Gasteiger partial charge in [0.25, 0.3) is 0 Å². The third kappa shape index (κ3) is 4.28. The van der Waals surface area contributed by atoms with Gasteiger partial charge in [0.05, 0.1) is 12.7 Å². The fourth-order valence-electron chi connectivity index (χ4n) is 4.96. The molecule has 4 nitrogen and oxygen atoms in total. The van der Waals surface area contributed by atoms with E-state index in [4.69, 9.17) is 4.74 Å². The van der Waals surface area contributed by atoms with E-state index in [0.717, 1.165) is 51.1 Å². The van der Waals surface area contributed by atoms with Crippen molar-refractivity contribution in [1.29, 1.82) is 0 Å². The van der Waals surface area contributed by atoms with Crippen LogP contribution in [0.4, 0.5) is 0 Å². The summed E-state index contributed by atoms with van der Waals surface area (Å²) in [5.74, 6) is 2.39. The van der Waals surface area contributed by atoms with Crippen molar-refractivity contribution in [2.45, 2.75) is 31.3 Å². The lowest BCUT2D eigenvalue weighted by atomic mass is 9.91. The van der Waals surface area contributed by atoms with Crippen LogP contribution in [0.15, 0.2) is 48.5 Å². The van der Waals surface area contributed by atoms with E-state index in [1.54, 1.807) is 19.2 Å². The zero-order valence-corrected chi connectivity index (χ0v) is 16.0. The summed E-state index contributed by atoms with van der Waals surface area (Å²) >= 11 is 0. The van der Waals surface area contributed by atoms with Gasteiger partial charge in [-0.25, -0.2) is 0 Å². The number of aliphatic hydroxyl groups is 1. The Hall–Kier alpha value is -2.04. The quantitative estimate of drug-likeness (QED) is 0.823. The molecule has 0 radical (unpaired) electrons. The fraction of sp³-hybridized carbons (Fsp3) is 0.478. The predicted octanol–water partition coefficient (Wildman–Crippen LogP) is 3.26. The molecule has 1 heterocycles. The van der Waals surface area contributed by atoms with Gasteiger partial charge in [-0.05, 0) is 66.5 Å². The number of likely N-dealkylation sites (tertiary alicyclic amines) is 1. The molecule has 2 aromatic carbocycles. The SMILES string of the molecule is COc1ccc(CC2(O)C[C@H]3CN(CCc4ccc(O)cc4)C[C@H]3C2)cc1. The molecule has 0 bridgehead atoms. The lowest BCUT2D eigenvalue weighted by molar-refractivity contribution is 0.0355. The first-order valence-corrected chi connectivity index (χ1v) is 9.89. The number of ether oxygens (including phenoxy) is 1. The molecule has 0 amide bonds. The number of methoxy groups -OCH3 is 1. The summed E-state index contributed by atoms with van der Waals surface area (Å²) in [4.78, 5) is 2.54. The number of aromatic hydroxyl groups is 1. The summed E-state index contributed by atoms with van der Waals surface area (Å²) in [7, 11) is 1.67. The number of hydrogen-bond acceptors (Lipinski definition) is 4. The average Bonchev–Trinajstić information content (AvgIpc) is 3.16. The van der Waals surface area contributed by atoms with Crippen LogP contribution >= 0.6 is 0 Å². The maximum atomic E-state index is 11.1. The highest BCUT2D eigenvalue weighted by atomic mass is 16.5. The van der Waals surface area contributed by atoms with E-state index in [-0.39, 0.29) is 0 Å². The van der Waals surface area contributed by atoms with Gasteiger partial charge in [0.2, 0.25) is 0 Å². The van der Waals surface area contributed by atoms with Crippen LogP contribution in [0.1, 0.15) is 24.0 Å². The molecule has 2 N–H and O–H groups in total. The number of phenols is 1. The maximum Gasteiger partial charge on any atom is 0.118 e. The third-order valence-corrected chi connectivity index (χ3v) is 6.28. The van der Waals surface area contributed by atoms with E-state index >= 15 is 0 Å². The van der Waals surface area contributed by atoms with Crippen LogP contribution in [0.25, 0.3) is 0 Å². The minimum atomic E-state index is -0.563. The molecule has 27 heavy (non-hydrogen) atoms. The van der Waals surface area contributed by atoms with Crippen LogP contribution in [0.5, 0.6) is 11.5 Å². The molecule has 1 aliphatic heterocycles. The first-order valence-electron chi connectivity index (χ1n) is 9.89. The maximum absolute atomic E-state index is 11.1. The molecule has 4 heteroatoms. The normalized spacial score (nSPS) is 27.6. The Morgan fingerprint density at radius 1 is 0.963 bits per heavy atom. The smallest absolute Gasteiger partial charge is 0.118 e. The molecule has 0 aromatic heterocycles. The van der Waals surface area contributed by atoms with Crippen LogP contribution in [0, 0.1) is 11.8 Å². The van der Waals surface area contributed by atoms with Crippen molar-refractivity contribution in [2.24, 2.45) is 11.8 Å². The predicted molar refractivity (Wildman–Crippen MR) is 106 cm³/mol. The van der Waals surface area contributed by atoms with Crippen molar-refractivity contribution in [3.05, 3.63) is 59.7 Å². The molecule has 3 atom stereocenters. The molecular formula is C23H29NO3. The van der Waals surface area contributed by atoms with Gasteiger partial charge in [0, 0.05) is 26.1 Å². The fourth-order valence-corrected chi connectivity index (χ4v) is 4.96. The first-order chi connectivity index (χ1) is 13.0. The highest BCUT2D eigenvalue weighted by Gasteiger charge is 2.47. The Morgan fingerprint density at radius 3 is 2.15 bits per heavy atom. The van der Waals surface area contributed by atoms with Gasteiger partial charge < -0.3 is 19.8 Å². The van der Waals surface area contributed by atoms with E-state index in [0.29, 0.717) is 17.6 Å². The van der Waals surface area contributed by atoms with Crippen LogP contribution in [-0.2, 0) is 12.8 Å². The Balaban J connectivity index is 1.28. The van der Waals surface area contributed by atoms with Crippen LogP contribution in [0.2, 0.25) is 0 Å². The molecule has 144 valence electrons. The van der Waals surface area contributed by atoms with Crippen molar-refractivity contribution in [2.75, 3.05) is 26.7 Å². The van der Waals surface area contributed by atoms with Gasteiger partial charge >= 0.3 is 0 Å². The summed E-state index contributed by atoms with van der Waals surface area (Å²) in [6.07, 6.45) is 3.55. The zero-order chi connectivity index (χ0) is 18.9. The Labute approximate surface area is 161 Å².